The lowest BCUT2D eigenvalue weighted by Gasteiger charge is -2.08. The van der Waals surface area contributed by atoms with Gasteiger partial charge in [-0.2, -0.15) is 0 Å². The Kier molecular flexibility index (Phi) is 4.65. The molecule has 0 bridgehead atoms. The van der Waals surface area contributed by atoms with Crippen LogP contribution in [0, 0.1) is 0 Å². The normalized spacial score (nSPS) is 11.5. The number of fused-ring (bicyclic) bond motifs is 1. The predicted molar refractivity (Wildman–Crippen MR) is 107 cm³/mol. The molecule has 0 saturated heterocycles. The smallest absolute Gasteiger partial charge is 0.274 e. The van der Waals surface area contributed by atoms with Crippen LogP contribution in [-0.2, 0) is 9.84 Å². The molecule has 1 aromatic heterocycles. The van der Waals surface area contributed by atoms with Crippen molar-refractivity contribution in [3.05, 3.63) is 72.3 Å². The molecule has 4 rings (SSSR count). The first kappa shape index (κ1) is 18.9. The summed E-state index contributed by atoms with van der Waals surface area (Å²) in [5.74, 6) is -0.554. The number of hydroxylamine groups is 1. The van der Waals surface area contributed by atoms with E-state index in [-0.39, 0.29) is 16.3 Å². The van der Waals surface area contributed by atoms with Crippen LogP contribution >= 0.6 is 0 Å². The Morgan fingerprint density at radius 3 is 2.45 bits per heavy atom. The number of benzene rings is 3. The molecule has 0 saturated carbocycles. The highest BCUT2D eigenvalue weighted by Crippen LogP contribution is 2.33. The monoisotopic (exact) mass is 408 g/mol. The van der Waals surface area contributed by atoms with E-state index in [0.29, 0.717) is 16.7 Å². The fraction of sp³-hybridized carbons (Fsp3) is 0.0476. The summed E-state index contributed by atoms with van der Waals surface area (Å²) in [7, 11) is -3.57. The summed E-state index contributed by atoms with van der Waals surface area (Å²) in [4.78, 5) is 16.0. The maximum atomic E-state index is 12.5. The molecule has 0 aliphatic carbocycles. The largest absolute Gasteiger partial charge is 0.436 e. The second-order valence-corrected chi connectivity index (χ2v) is 8.48. The Bertz CT molecular complexity index is 1330. The molecule has 3 aromatic carbocycles. The number of carbonyl (C=O) groups excluding carboxylic acids is 1. The average molecular weight is 408 g/mol. The number of oxazole rings is 1. The Morgan fingerprint density at radius 2 is 1.76 bits per heavy atom. The minimum atomic E-state index is -3.57. The molecule has 0 spiro atoms. The molecular weight excluding hydrogens is 392 g/mol. The molecule has 0 aliphatic heterocycles. The van der Waals surface area contributed by atoms with Gasteiger partial charge in [0.15, 0.2) is 15.4 Å². The Balaban J connectivity index is 1.87. The maximum Gasteiger partial charge on any atom is 0.274 e. The van der Waals surface area contributed by atoms with Crippen LogP contribution in [0.15, 0.2) is 76.0 Å². The molecule has 1 amide bonds. The number of rotatable bonds is 4. The van der Waals surface area contributed by atoms with Crippen LogP contribution in [-0.4, -0.2) is 30.8 Å². The first-order valence-electron chi connectivity index (χ1n) is 8.62. The number of hydrogen-bond acceptors (Lipinski definition) is 6. The number of amides is 1. The number of nitrogens with zero attached hydrogens (tertiary/aromatic N) is 1. The molecule has 8 heteroatoms. The van der Waals surface area contributed by atoms with Gasteiger partial charge in [-0.1, -0.05) is 36.4 Å². The van der Waals surface area contributed by atoms with E-state index in [1.165, 1.54) is 18.2 Å². The predicted octanol–water partition coefficient (Wildman–Crippen LogP) is 3.68. The number of hydrogen-bond donors (Lipinski definition) is 2. The quantitative estimate of drug-likeness (QED) is 0.394. The van der Waals surface area contributed by atoms with Crippen molar-refractivity contribution in [2.24, 2.45) is 0 Å². The third-order valence-corrected chi connectivity index (χ3v) is 5.61. The van der Waals surface area contributed by atoms with Crippen molar-refractivity contribution in [3.63, 3.8) is 0 Å². The molecule has 29 heavy (non-hydrogen) atoms. The van der Waals surface area contributed by atoms with Crippen molar-refractivity contribution in [3.8, 4) is 22.6 Å². The second kappa shape index (κ2) is 7.16. The minimum Gasteiger partial charge on any atom is -0.436 e. The van der Waals surface area contributed by atoms with E-state index in [0.717, 1.165) is 17.4 Å². The van der Waals surface area contributed by atoms with Gasteiger partial charge in [-0.25, -0.2) is 18.9 Å². The van der Waals surface area contributed by atoms with Gasteiger partial charge in [-0.05, 0) is 41.5 Å². The van der Waals surface area contributed by atoms with Crippen LogP contribution in [0.1, 0.15) is 10.4 Å². The summed E-state index contributed by atoms with van der Waals surface area (Å²) in [5.41, 5.74) is 4.49. The van der Waals surface area contributed by atoms with Gasteiger partial charge in [-0.15, -0.1) is 0 Å². The van der Waals surface area contributed by atoms with Crippen molar-refractivity contribution >= 4 is 26.8 Å². The summed E-state index contributed by atoms with van der Waals surface area (Å²) < 4.78 is 30.6. The first-order chi connectivity index (χ1) is 13.9. The van der Waals surface area contributed by atoms with Gasteiger partial charge in [0, 0.05) is 11.8 Å². The van der Waals surface area contributed by atoms with E-state index in [9.17, 15) is 13.2 Å². The van der Waals surface area contributed by atoms with E-state index in [1.54, 1.807) is 23.7 Å². The average Bonchev–Trinajstić information content (AvgIpc) is 3.16. The van der Waals surface area contributed by atoms with Crippen LogP contribution < -0.4 is 5.48 Å². The lowest BCUT2D eigenvalue weighted by molar-refractivity contribution is 0.0706. The summed E-state index contributed by atoms with van der Waals surface area (Å²) in [6.07, 6.45) is 1.13. The SMILES string of the molecule is CS(=O)(=O)c1cc(-c2ccccc2)ccc1-c1nc2cc(C(=O)NO)ccc2o1. The van der Waals surface area contributed by atoms with Gasteiger partial charge in [0.1, 0.15) is 5.52 Å². The molecule has 0 radical (unpaired) electrons. The van der Waals surface area contributed by atoms with Crippen LogP contribution in [0.25, 0.3) is 33.7 Å². The molecule has 0 unspecified atom stereocenters. The van der Waals surface area contributed by atoms with E-state index >= 15 is 0 Å². The molecule has 0 aliphatic rings. The Morgan fingerprint density at radius 1 is 1.00 bits per heavy atom. The standard InChI is InChI=1S/C21H16N2O5S/c1-29(26,27)19-12-14(13-5-3-2-4-6-13)7-9-16(19)21-22-17-11-15(20(24)23-25)8-10-18(17)28-21/h2-12,25H,1H3,(H,23,24). The maximum absolute atomic E-state index is 12.5. The zero-order valence-electron chi connectivity index (χ0n) is 15.3. The van der Waals surface area contributed by atoms with E-state index in [2.05, 4.69) is 4.98 Å². The number of carbonyl (C=O) groups is 1. The fourth-order valence-electron chi connectivity index (χ4n) is 3.06. The highest BCUT2D eigenvalue weighted by molar-refractivity contribution is 7.90. The molecule has 2 N–H and O–H groups in total. The lowest BCUT2D eigenvalue weighted by atomic mass is 10.0. The van der Waals surface area contributed by atoms with Crippen molar-refractivity contribution in [1.82, 2.24) is 10.5 Å². The van der Waals surface area contributed by atoms with Crippen LogP contribution in [0.4, 0.5) is 0 Å². The van der Waals surface area contributed by atoms with Gasteiger partial charge in [0.25, 0.3) is 5.91 Å². The second-order valence-electron chi connectivity index (χ2n) is 6.49. The van der Waals surface area contributed by atoms with E-state index in [1.807, 2.05) is 30.3 Å². The van der Waals surface area contributed by atoms with Crippen LogP contribution in [0.3, 0.4) is 0 Å². The number of sulfone groups is 1. The lowest BCUT2D eigenvalue weighted by Crippen LogP contribution is -2.18. The molecule has 1 heterocycles. The fourth-order valence-corrected chi connectivity index (χ4v) is 3.96. The summed E-state index contributed by atoms with van der Waals surface area (Å²) in [6, 6.07) is 19.0. The zero-order chi connectivity index (χ0) is 20.6. The van der Waals surface area contributed by atoms with Crippen LogP contribution in [0.2, 0.25) is 0 Å². The third-order valence-electron chi connectivity index (χ3n) is 4.47. The van der Waals surface area contributed by atoms with Crippen molar-refractivity contribution in [2.75, 3.05) is 6.26 Å². The summed E-state index contributed by atoms with van der Waals surface area (Å²) in [5, 5.41) is 8.78. The molecule has 0 atom stereocenters. The van der Waals surface area contributed by atoms with Crippen LogP contribution in [0.5, 0.6) is 0 Å². The van der Waals surface area contributed by atoms with E-state index < -0.39 is 15.7 Å². The van der Waals surface area contributed by atoms with Gasteiger partial charge < -0.3 is 4.42 Å². The Hall–Kier alpha value is -3.49. The van der Waals surface area contributed by atoms with Gasteiger partial charge in [-0.3, -0.25) is 10.0 Å². The molecule has 0 fully saturated rings. The Labute approximate surface area is 166 Å². The molecule has 146 valence electrons. The highest BCUT2D eigenvalue weighted by atomic mass is 32.2. The van der Waals surface area contributed by atoms with E-state index in [4.69, 9.17) is 9.62 Å². The molecule has 7 nitrogen and oxygen atoms in total. The number of aromatic nitrogens is 1. The van der Waals surface area contributed by atoms with Crippen molar-refractivity contribution in [1.29, 1.82) is 0 Å². The summed E-state index contributed by atoms with van der Waals surface area (Å²) >= 11 is 0. The van der Waals surface area contributed by atoms with Crippen molar-refractivity contribution < 1.29 is 22.8 Å². The van der Waals surface area contributed by atoms with Gasteiger partial charge >= 0.3 is 0 Å². The third kappa shape index (κ3) is 3.63. The number of nitrogens with one attached hydrogen (secondary N) is 1. The minimum absolute atomic E-state index is 0.0960. The first-order valence-corrected chi connectivity index (χ1v) is 10.5. The van der Waals surface area contributed by atoms with Gasteiger partial charge in [0.05, 0.1) is 10.5 Å². The molecule has 4 aromatic rings. The summed E-state index contributed by atoms with van der Waals surface area (Å²) in [6.45, 7) is 0. The van der Waals surface area contributed by atoms with Crippen molar-refractivity contribution in [2.45, 2.75) is 4.90 Å². The highest BCUT2D eigenvalue weighted by Gasteiger charge is 2.20. The molecular formula is C21H16N2O5S. The topological polar surface area (TPSA) is 110 Å². The van der Waals surface area contributed by atoms with Gasteiger partial charge in [0.2, 0.25) is 5.89 Å². The zero-order valence-corrected chi connectivity index (χ0v) is 16.1.